The topological polar surface area (TPSA) is 74.8 Å². The van der Waals surface area contributed by atoms with Gasteiger partial charge in [0.2, 0.25) is 5.91 Å². The van der Waals surface area contributed by atoms with Gasteiger partial charge >= 0.3 is 0 Å². The highest BCUT2D eigenvalue weighted by atomic mass is 16.5. The van der Waals surface area contributed by atoms with Gasteiger partial charge in [0.05, 0.1) is 6.10 Å². The molecule has 3 rings (SSSR count). The van der Waals surface area contributed by atoms with Gasteiger partial charge in [-0.2, -0.15) is 0 Å². The summed E-state index contributed by atoms with van der Waals surface area (Å²) in [6.45, 7) is 6.10. The monoisotopic (exact) mass is 308 g/mol. The van der Waals surface area contributed by atoms with Gasteiger partial charge in [0.1, 0.15) is 0 Å². The summed E-state index contributed by atoms with van der Waals surface area (Å²) in [6, 6.07) is 0.646. The maximum absolute atomic E-state index is 11.2. The van der Waals surface area contributed by atoms with Crippen molar-refractivity contribution in [1.29, 1.82) is 0 Å². The minimum atomic E-state index is 0.128. The van der Waals surface area contributed by atoms with E-state index in [1.54, 1.807) is 7.05 Å². The normalized spacial score (nSPS) is 37.6. The van der Waals surface area contributed by atoms with Gasteiger partial charge in [0.15, 0.2) is 5.96 Å². The summed E-state index contributed by atoms with van der Waals surface area (Å²) in [4.78, 5) is 15.6. The summed E-state index contributed by atoms with van der Waals surface area (Å²) >= 11 is 0. The Balaban J connectivity index is 1.57. The molecule has 3 aliphatic rings. The number of piperidine rings is 1. The van der Waals surface area contributed by atoms with Gasteiger partial charge in [-0.15, -0.1) is 0 Å². The van der Waals surface area contributed by atoms with Crippen LogP contribution in [0.3, 0.4) is 0 Å². The van der Waals surface area contributed by atoms with Crippen LogP contribution in [0.15, 0.2) is 4.99 Å². The zero-order valence-corrected chi connectivity index (χ0v) is 13.8. The number of fused-ring (bicyclic) bond motifs is 1. The van der Waals surface area contributed by atoms with E-state index in [-0.39, 0.29) is 17.4 Å². The number of hydrogen-bond acceptors (Lipinski definition) is 3. The van der Waals surface area contributed by atoms with E-state index in [1.807, 2.05) is 0 Å². The van der Waals surface area contributed by atoms with Gasteiger partial charge in [-0.3, -0.25) is 9.79 Å². The predicted octanol–water partition coefficient (Wildman–Crippen LogP) is 0.634. The van der Waals surface area contributed by atoms with E-state index in [1.165, 1.54) is 6.42 Å². The highest BCUT2D eigenvalue weighted by Gasteiger charge is 2.58. The van der Waals surface area contributed by atoms with E-state index < -0.39 is 0 Å². The number of amides is 1. The smallest absolute Gasteiger partial charge is 0.220 e. The van der Waals surface area contributed by atoms with Crippen LogP contribution < -0.4 is 16.0 Å². The fraction of sp³-hybridized carbons (Fsp3) is 0.875. The maximum atomic E-state index is 11.2. The maximum Gasteiger partial charge on any atom is 0.220 e. The van der Waals surface area contributed by atoms with Crippen LogP contribution in [0.2, 0.25) is 0 Å². The number of nitrogens with zero attached hydrogens (tertiary/aromatic N) is 1. The Morgan fingerprint density at radius 3 is 2.86 bits per heavy atom. The lowest BCUT2D eigenvalue weighted by Crippen LogP contribution is -2.71. The van der Waals surface area contributed by atoms with Crippen LogP contribution in [0.25, 0.3) is 0 Å². The Labute approximate surface area is 132 Å². The molecule has 0 radical (unpaired) electrons. The molecule has 4 unspecified atom stereocenters. The molecule has 1 saturated carbocycles. The molecule has 1 aliphatic carbocycles. The molecule has 0 bridgehead atoms. The number of hydrogen-bond donors (Lipinski definition) is 3. The van der Waals surface area contributed by atoms with E-state index in [0.29, 0.717) is 31.0 Å². The van der Waals surface area contributed by atoms with Crippen LogP contribution >= 0.6 is 0 Å². The van der Waals surface area contributed by atoms with Crippen LogP contribution in [-0.2, 0) is 9.53 Å². The van der Waals surface area contributed by atoms with Crippen molar-refractivity contribution in [1.82, 2.24) is 16.0 Å². The second-order valence-electron chi connectivity index (χ2n) is 7.30. The number of rotatable bonds is 2. The van der Waals surface area contributed by atoms with Gasteiger partial charge in [-0.1, -0.05) is 13.8 Å². The van der Waals surface area contributed by atoms with Crippen LogP contribution in [0.1, 0.15) is 39.5 Å². The summed E-state index contributed by atoms with van der Waals surface area (Å²) in [6.07, 6.45) is 4.18. The van der Waals surface area contributed by atoms with Gasteiger partial charge in [0.25, 0.3) is 0 Å². The van der Waals surface area contributed by atoms with Crippen molar-refractivity contribution in [2.24, 2.45) is 16.3 Å². The lowest BCUT2D eigenvalue weighted by Gasteiger charge is -2.60. The first-order chi connectivity index (χ1) is 10.5. The molecule has 1 amide bonds. The quantitative estimate of drug-likeness (QED) is 0.517. The highest BCUT2D eigenvalue weighted by Crippen LogP contribution is 2.51. The molecule has 6 nitrogen and oxygen atoms in total. The molecule has 6 heteroatoms. The average Bonchev–Trinajstić information content (AvgIpc) is 2.53. The number of guanidine groups is 1. The Hall–Kier alpha value is -1.30. The largest absolute Gasteiger partial charge is 0.377 e. The standard InChI is InChI=1S/C16H28N4O2/c1-16(2)13(11-5-4-8-22-14(11)16)20-15(17-3)19-10-6-7-12(21)18-9-10/h10-11,13-14H,4-9H2,1-3H3,(H,18,21)(H2,17,19,20). The molecular weight excluding hydrogens is 280 g/mol. The fourth-order valence-electron chi connectivity index (χ4n) is 4.18. The van der Waals surface area contributed by atoms with Crippen LogP contribution in [0, 0.1) is 11.3 Å². The van der Waals surface area contributed by atoms with Crippen molar-refractivity contribution < 1.29 is 9.53 Å². The van der Waals surface area contributed by atoms with Gasteiger partial charge < -0.3 is 20.7 Å². The Kier molecular flexibility index (Phi) is 4.30. The molecule has 124 valence electrons. The second kappa shape index (κ2) is 6.07. The SMILES string of the molecule is CN=C(NC1CCC(=O)NC1)NC1C2CCCOC2C1(C)C. The van der Waals surface area contributed by atoms with E-state index in [0.717, 1.165) is 25.4 Å². The molecule has 2 aliphatic heterocycles. The number of aliphatic imine (C=N–C) groups is 1. The summed E-state index contributed by atoms with van der Waals surface area (Å²) in [7, 11) is 1.80. The van der Waals surface area contributed by atoms with E-state index in [2.05, 4.69) is 34.8 Å². The van der Waals surface area contributed by atoms with Gasteiger partial charge in [-0.05, 0) is 19.3 Å². The second-order valence-corrected chi connectivity index (χ2v) is 7.30. The Bertz CT molecular complexity index is 453. The summed E-state index contributed by atoms with van der Waals surface area (Å²) < 4.78 is 5.95. The number of carbonyl (C=O) groups excluding carboxylic acids is 1. The van der Waals surface area contributed by atoms with Crippen molar-refractivity contribution in [3.8, 4) is 0 Å². The minimum Gasteiger partial charge on any atom is -0.377 e. The van der Waals surface area contributed by atoms with Crippen LogP contribution in [-0.4, -0.2) is 50.3 Å². The van der Waals surface area contributed by atoms with Crippen molar-refractivity contribution in [2.75, 3.05) is 20.2 Å². The molecule has 4 atom stereocenters. The predicted molar refractivity (Wildman–Crippen MR) is 85.7 cm³/mol. The first-order valence-electron chi connectivity index (χ1n) is 8.40. The lowest BCUT2D eigenvalue weighted by atomic mass is 9.55. The number of ether oxygens (including phenoxy) is 1. The molecule has 22 heavy (non-hydrogen) atoms. The molecule has 3 fully saturated rings. The lowest BCUT2D eigenvalue weighted by molar-refractivity contribution is -0.188. The third-order valence-corrected chi connectivity index (χ3v) is 5.45. The van der Waals surface area contributed by atoms with E-state index in [9.17, 15) is 4.79 Å². The van der Waals surface area contributed by atoms with Crippen molar-refractivity contribution >= 4 is 11.9 Å². The molecule has 0 spiro atoms. The average molecular weight is 308 g/mol. The van der Waals surface area contributed by atoms with E-state index >= 15 is 0 Å². The molecule has 2 heterocycles. The molecule has 0 aromatic rings. The molecule has 0 aromatic heterocycles. The van der Waals surface area contributed by atoms with Crippen LogP contribution in [0.5, 0.6) is 0 Å². The van der Waals surface area contributed by atoms with E-state index in [4.69, 9.17) is 4.74 Å². The molecule has 3 N–H and O–H groups in total. The first-order valence-corrected chi connectivity index (χ1v) is 8.40. The summed E-state index contributed by atoms with van der Waals surface area (Å²) in [5, 5.41) is 9.94. The Morgan fingerprint density at radius 2 is 2.18 bits per heavy atom. The van der Waals surface area contributed by atoms with Crippen molar-refractivity contribution in [2.45, 2.75) is 57.7 Å². The zero-order chi connectivity index (χ0) is 15.7. The molecular formula is C16H28N4O2. The van der Waals surface area contributed by atoms with Gasteiger partial charge in [-0.25, -0.2) is 0 Å². The number of carbonyl (C=O) groups is 1. The van der Waals surface area contributed by atoms with Gasteiger partial charge in [0, 0.05) is 50.0 Å². The molecule has 2 saturated heterocycles. The zero-order valence-electron chi connectivity index (χ0n) is 13.8. The Morgan fingerprint density at radius 1 is 1.36 bits per heavy atom. The van der Waals surface area contributed by atoms with Crippen molar-refractivity contribution in [3.05, 3.63) is 0 Å². The number of nitrogens with one attached hydrogen (secondary N) is 3. The third-order valence-electron chi connectivity index (χ3n) is 5.45. The third kappa shape index (κ3) is 2.81. The summed E-state index contributed by atoms with van der Waals surface area (Å²) in [5.74, 6) is 1.56. The minimum absolute atomic E-state index is 0.128. The highest BCUT2D eigenvalue weighted by molar-refractivity contribution is 5.81. The first kappa shape index (κ1) is 15.6. The fourth-order valence-corrected chi connectivity index (χ4v) is 4.18. The van der Waals surface area contributed by atoms with Crippen LogP contribution in [0.4, 0.5) is 0 Å². The van der Waals surface area contributed by atoms with Crippen molar-refractivity contribution in [3.63, 3.8) is 0 Å². The summed E-state index contributed by atoms with van der Waals surface area (Å²) in [5.41, 5.74) is 0.128. The molecule has 0 aromatic carbocycles.